The molecule has 1 aliphatic rings. The van der Waals surface area contributed by atoms with Gasteiger partial charge in [-0.15, -0.1) is 6.42 Å². The summed E-state index contributed by atoms with van der Waals surface area (Å²) >= 11 is 0. The van der Waals surface area contributed by atoms with Crippen molar-refractivity contribution in [1.29, 1.82) is 0 Å². The Hall–Kier alpha value is -5.39. The highest BCUT2D eigenvalue weighted by molar-refractivity contribution is 6.01. The van der Waals surface area contributed by atoms with Crippen LogP contribution in [0.15, 0.2) is 18.2 Å². The van der Waals surface area contributed by atoms with E-state index in [4.69, 9.17) is 21.9 Å². The lowest BCUT2D eigenvalue weighted by Crippen LogP contribution is -2.82. The van der Waals surface area contributed by atoms with Gasteiger partial charge in [0.2, 0.25) is 17.7 Å². The van der Waals surface area contributed by atoms with Crippen molar-refractivity contribution in [2.24, 2.45) is 5.73 Å². The summed E-state index contributed by atoms with van der Waals surface area (Å²) in [6, 6.07) is -0.498. The smallest absolute Gasteiger partial charge is 0.305 e. The number of quaternary nitrogens is 1. The van der Waals surface area contributed by atoms with Gasteiger partial charge in [-0.2, -0.15) is 5.48 Å². The summed E-state index contributed by atoms with van der Waals surface area (Å²) < 4.78 is 10.3. The first-order valence-electron chi connectivity index (χ1n) is 13.4. The fourth-order valence-corrected chi connectivity index (χ4v) is 3.92. The van der Waals surface area contributed by atoms with Crippen LogP contribution in [0.25, 0.3) is 0 Å². The number of primary amides is 1. The molecule has 0 aromatic heterocycles. The normalized spacial score (nSPS) is 18.6. The van der Waals surface area contributed by atoms with Crippen molar-refractivity contribution in [3.8, 4) is 30.1 Å². The van der Waals surface area contributed by atoms with E-state index in [0.29, 0.717) is 19.4 Å². The molecular weight excluding hydrogens is 584 g/mol. The number of hydrogen-bond acceptors (Lipinski definition) is 11. The number of hydrogen-bond donors (Lipinski definition) is 5. The van der Waals surface area contributed by atoms with Crippen LogP contribution in [0.1, 0.15) is 48.9 Å². The molecule has 2 unspecified atom stereocenters. The number of carbonyl (C=O) groups is 5. The Morgan fingerprint density at radius 3 is 2.57 bits per heavy atom. The van der Waals surface area contributed by atoms with Crippen LogP contribution in [0.5, 0.6) is 5.75 Å². The minimum atomic E-state index is -1.37. The summed E-state index contributed by atoms with van der Waals surface area (Å²) in [6.07, 6.45) is 7.40. The van der Waals surface area contributed by atoms with Crippen LogP contribution in [-0.2, 0) is 33.8 Å². The number of nitrogens with one attached hydrogen (secondary N) is 3. The predicted molar refractivity (Wildman–Crippen MR) is 148 cm³/mol. The minimum absolute atomic E-state index is 0.0843. The molecule has 1 aromatic rings. The lowest BCUT2D eigenvalue weighted by molar-refractivity contribution is -0.960. The zero-order chi connectivity index (χ0) is 32.5. The Morgan fingerprint density at radius 1 is 1.16 bits per heavy atom. The Bertz CT molecular complexity index is 1330. The topological polar surface area (TPSA) is 244 Å². The van der Waals surface area contributed by atoms with E-state index < -0.39 is 58.3 Å². The fourth-order valence-electron chi connectivity index (χ4n) is 3.92. The first-order chi connectivity index (χ1) is 21.1. The third-order valence-corrected chi connectivity index (χ3v) is 6.21. The Kier molecular flexibility index (Phi) is 14.4. The summed E-state index contributed by atoms with van der Waals surface area (Å²) in [4.78, 5) is 83.7. The van der Waals surface area contributed by atoms with E-state index in [1.54, 1.807) is 0 Å². The Balaban J connectivity index is 2.32. The number of benzene rings is 1. The molecule has 1 aliphatic heterocycles. The van der Waals surface area contributed by atoms with Gasteiger partial charge >= 0.3 is 5.97 Å². The maximum absolute atomic E-state index is 13.4. The second kappa shape index (κ2) is 18.2. The molecule has 0 aliphatic carbocycles. The SMILES string of the molecule is C#CC#COO[NH2+]CCCC[C@H]1NC(=O)C(CCC(=O)OC)NC(=O)c2cc([N+](=O)[O-])ccc2OCCC(C(N)=O)NC1=O. The molecule has 0 saturated heterocycles. The van der Waals surface area contributed by atoms with Gasteiger partial charge in [0.1, 0.15) is 30.4 Å². The first-order valence-corrected chi connectivity index (χ1v) is 13.4. The molecule has 44 heavy (non-hydrogen) atoms. The molecule has 4 amide bonds. The molecule has 0 spiro atoms. The molecular formula is C27H33N6O11+. The van der Waals surface area contributed by atoms with E-state index in [1.807, 2.05) is 5.92 Å². The number of amides is 4. The number of nitro benzene ring substituents is 1. The summed E-state index contributed by atoms with van der Waals surface area (Å²) in [5, 5.41) is 18.9. The second-order valence-electron chi connectivity index (χ2n) is 9.24. The van der Waals surface area contributed by atoms with Crippen molar-refractivity contribution >= 4 is 35.3 Å². The lowest BCUT2D eigenvalue weighted by Gasteiger charge is -2.26. The number of terminal acetylenes is 1. The molecule has 3 atom stereocenters. The van der Waals surface area contributed by atoms with Gasteiger partial charge in [-0.25, -0.2) is 4.89 Å². The van der Waals surface area contributed by atoms with Gasteiger partial charge in [-0.3, -0.25) is 34.1 Å². The molecule has 17 nitrogen and oxygen atoms in total. The molecule has 2 rings (SSSR count). The summed E-state index contributed by atoms with van der Waals surface area (Å²) in [7, 11) is 1.15. The number of fused-ring (bicyclic) bond motifs is 1. The molecule has 17 heteroatoms. The average Bonchev–Trinajstić information content (AvgIpc) is 2.99. The quantitative estimate of drug-likeness (QED) is 0.0432. The van der Waals surface area contributed by atoms with E-state index in [0.717, 1.165) is 19.2 Å². The Morgan fingerprint density at radius 2 is 1.89 bits per heavy atom. The van der Waals surface area contributed by atoms with E-state index in [1.165, 1.54) is 11.5 Å². The highest BCUT2D eigenvalue weighted by Crippen LogP contribution is 2.25. The van der Waals surface area contributed by atoms with Crippen LogP contribution in [-0.4, -0.2) is 72.9 Å². The van der Waals surface area contributed by atoms with Crippen LogP contribution in [0.2, 0.25) is 0 Å². The van der Waals surface area contributed by atoms with Gasteiger partial charge in [0, 0.05) is 35.9 Å². The number of methoxy groups -OCH3 is 1. The monoisotopic (exact) mass is 617 g/mol. The number of rotatable bonds is 12. The van der Waals surface area contributed by atoms with Crippen molar-refractivity contribution in [2.75, 3.05) is 20.3 Å². The number of nitrogens with two attached hydrogens (primary N) is 2. The minimum Gasteiger partial charge on any atom is -0.493 e. The number of non-ortho nitro benzene ring substituents is 1. The molecule has 1 heterocycles. The first kappa shape index (κ1) is 34.8. The zero-order valence-electron chi connectivity index (χ0n) is 23.8. The van der Waals surface area contributed by atoms with Gasteiger partial charge in [0.05, 0.1) is 24.2 Å². The molecule has 7 N–H and O–H groups in total. The number of unbranched alkanes of at least 4 members (excludes halogenated alkanes) is 1. The van der Waals surface area contributed by atoms with Crippen LogP contribution in [0.4, 0.5) is 5.69 Å². The van der Waals surface area contributed by atoms with Crippen molar-refractivity contribution in [2.45, 2.75) is 56.7 Å². The third kappa shape index (κ3) is 11.5. The van der Waals surface area contributed by atoms with Gasteiger partial charge < -0.3 is 31.2 Å². The maximum atomic E-state index is 13.4. The van der Waals surface area contributed by atoms with Crippen LogP contribution >= 0.6 is 0 Å². The van der Waals surface area contributed by atoms with Gasteiger partial charge in [0.25, 0.3) is 11.6 Å². The Labute approximate surface area is 251 Å². The highest BCUT2D eigenvalue weighted by Gasteiger charge is 2.31. The summed E-state index contributed by atoms with van der Waals surface area (Å²) in [6.45, 7) is 0.170. The number of nitrogens with zero attached hydrogens (tertiary/aromatic N) is 1. The highest BCUT2D eigenvalue weighted by atomic mass is 17.3. The van der Waals surface area contributed by atoms with Crippen LogP contribution in [0, 0.1) is 34.5 Å². The third-order valence-electron chi connectivity index (χ3n) is 6.21. The molecule has 1 aromatic carbocycles. The summed E-state index contributed by atoms with van der Waals surface area (Å²) in [5.41, 5.74) is 6.11. The zero-order valence-corrected chi connectivity index (χ0v) is 23.8. The predicted octanol–water partition coefficient (Wildman–Crippen LogP) is -1.93. The molecule has 0 bridgehead atoms. The number of hydroxylamine groups is 1. The number of nitro groups is 1. The number of esters is 1. The number of carbonyl (C=O) groups excluding carboxylic acids is 5. The second-order valence-corrected chi connectivity index (χ2v) is 9.24. The van der Waals surface area contributed by atoms with E-state index in [2.05, 4.69) is 37.6 Å². The lowest BCUT2D eigenvalue weighted by atomic mass is 10.0. The van der Waals surface area contributed by atoms with Gasteiger partial charge in [0.15, 0.2) is 6.11 Å². The van der Waals surface area contributed by atoms with Crippen molar-refractivity contribution in [3.05, 3.63) is 33.9 Å². The van der Waals surface area contributed by atoms with E-state index in [-0.39, 0.29) is 43.6 Å². The largest absolute Gasteiger partial charge is 0.493 e. The van der Waals surface area contributed by atoms with E-state index in [9.17, 15) is 34.1 Å². The van der Waals surface area contributed by atoms with Crippen molar-refractivity contribution in [3.63, 3.8) is 0 Å². The van der Waals surface area contributed by atoms with E-state index >= 15 is 0 Å². The maximum Gasteiger partial charge on any atom is 0.305 e. The number of ether oxygens (including phenoxy) is 2. The molecule has 0 saturated carbocycles. The standard InChI is InChI=1S/C27H32N6O11/c1-3-4-14-43-44-29-13-6-5-7-20-26(37)30-19(24(28)35)12-15-42-22-10-8-17(33(39)40)16-18(22)25(36)31-21(27(38)32-20)9-11-23(34)41-2/h1,8,10,16,19-21,29H,5-7,9,11-13,15H2,2H3,(H2,28,35)(H,30,37)(H,31,36)(H,32,38)/p+1/t19?,20-,21?/m1/s1. The van der Waals surface area contributed by atoms with Crippen LogP contribution < -0.4 is 31.9 Å². The summed E-state index contributed by atoms with van der Waals surface area (Å²) in [5.74, 6) is 0.130. The van der Waals surface area contributed by atoms with Gasteiger partial charge in [-0.1, -0.05) is 0 Å². The molecule has 236 valence electrons. The molecule has 0 fully saturated rings. The average molecular weight is 618 g/mol. The fraction of sp³-hybridized carbons (Fsp3) is 0.444. The van der Waals surface area contributed by atoms with Crippen molar-refractivity contribution in [1.82, 2.24) is 16.0 Å². The van der Waals surface area contributed by atoms with Crippen LogP contribution in [0.3, 0.4) is 0 Å². The van der Waals surface area contributed by atoms with Crippen molar-refractivity contribution < 1.29 is 53.7 Å². The molecule has 0 radical (unpaired) electrons. The van der Waals surface area contributed by atoms with Gasteiger partial charge in [-0.05, 0) is 37.7 Å².